The molecule has 0 aliphatic heterocycles. The van der Waals surface area contributed by atoms with E-state index in [-0.39, 0.29) is 5.91 Å². The zero-order chi connectivity index (χ0) is 18.0. The Morgan fingerprint density at radius 1 is 1.20 bits per heavy atom. The minimum absolute atomic E-state index is 0.300. The number of hydrogen-bond acceptors (Lipinski definition) is 6. The van der Waals surface area contributed by atoms with Crippen LogP contribution in [0.5, 0.6) is 0 Å². The Labute approximate surface area is 149 Å². The summed E-state index contributed by atoms with van der Waals surface area (Å²) in [5.74, 6) is 0.204. The van der Waals surface area contributed by atoms with Crippen LogP contribution in [0.25, 0.3) is 0 Å². The maximum absolute atomic E-state index is 12.4. The number of benzene rings is 1. The minimum atomic E-state index is -0.587. The average Bonchev–Trinajstić information content (AvgIpc) is 3.26. The summed E-state index contributed by atoms with van der Waals surface area (Å²) < 4.78 is 5.20. The van der Waals surface area contributed by atoms with Gasteiger partial charge < -0.3 is 4.74 Å². The maximum atomic E-state index is 12.4. The Morgan fingerprint density at radius 2 is 1.96 bits per heavy atom. The standard InChI is InChI=1S/C17H20N4O3S/c1-17(2,3)24-16(23)18-12-6-4-5-11(9-12)13(22)19-15-21-20-14(25-15)10-7-8-10/h4-6,9-10H,7-8H2,1-3H3,(H,18,23)(H,19,21,22). The quantitative estimate of drug-likeness (QED) is 0.859. The number of nitrogens with one attached hydrogen (secondary N) is 2. The monoisotopic (exact) mass is 360 g/mol. The van der Waals surface area contributed by atoms with Gasteiger partial charge in [-0.25, -0.2) is 4.79 Å². The molecule has 2 amide bonds. The lowest BCUT2D eigenvalue weighted by molar-refractivity contribution is 0.0635. The molecule has 2 aromatic rings. The van der Waals surface area contributed by atoms with E-state index < -0.39 is 11.7 Å². The fourth-order valence-corrected chi connectivity index (χ4v) is 3.02. The van der Waals surface area contributed by atoms with Gasteiger partial charge in [0.1, 0.15) is 10.6 Å². The number of anilines is 2. The number of amides is 2. The van der Waals surface area contributed by atoms with Gasteiger partial charge in [-0.3, -0.25) is 15.4 Å². The van der Waals surface area contributed by atoms with E-state index in [9.17, 15) is 9.59 Å². The molecule has 0 radical (unpaired) electrons. The summed E-state index contributed by atoms with van der Waals surface area (Å²) in [6.45, 7) is 5.36. The van der Waals surface area contributed by atoms with E-state index in [4.69, 9.17) is 4.74 Å². The Morgan fingerprint density at radius 3 is 2.64 bits per heavy atom. The van der Waals surface area contributed by atoms with E-state index in [2.05, 4.69) is 20.8 Å². The van der Waals surface area contributed by atoms with Gasteiger partial charge in [0.25, 0.3) is 5.91 Å². The van der Waals surface area contributed by atoms with E-state index >= 15 is 0 Å². The van der Waals surface area contributed by atoms with Crippen LogP contribution >= 0.6 is 11.3 Å². The molecular formula is C17H20N4O3S. The van der Waals surface area contributed by atoms with Crippen molar-refractivity contribution in [3.63, 3.8) is 0 Å². The molecule has 1 saturated carbocycles. The summed E-state index contributed by atoms with van der Waals surface area (Å²) in [6, 6.07) is 6.63. The number of rotatable bonds is 4. The highest BCUT2D eigenvalue weighted by Crippen LogP contribution is 2.42. The zero-order valence-corrected chi connectivity index (χ0v) is 15.1. The highest BCUT2D eigenvalue weighted by molar-refractivity contribution is 7.15. The van der Waals surface area contributed by atoms with Crippen LogP contribution in [0.2, 0.25) is 0 Å². The van der Waals surface area contributed by atoms with Crippen molar-refractivity contribution in [1.82, 2.24) is 10.2 Å². The number of nitrogens with zero attached hydrogens (tertiary/aromatic N) is 2. The molecule has 0 atom stereocenters. The van der Waals surface area contributed by atoms with Crippen molar-refractivity contribution < 1.29 is 14.3 Å². The Bertz CT molecular complexity index is 793. The summed E-state index contributed by atoms with van der Waals surface area (Å²) in [5, 5.41) is 14.9. The molecule has 1 aliphatic rings. The Kier molecular flexibility index (Phi) is 4.71. The third-order valence-electron chi connectivity index (χ3n) is 3.36. The molecule has 0 spiro atoms. The normalized spacial score (nSPS) is 14.0. The zero-order valence-electron chi connectivity index (χ0n) is 14.3. The van der Waals surface area contributed by atoms with E-state index in [1.165, 1.54) is 11.3 Å². The molecule has 25 heavy (non-hydrogen) atoms. The molecule has 132 valence electrons. The van der Waals surface area contributed by atoms with Gasteiger partial charge in [0.2, 0.25) is 5.13 Å². The van der Waals surface area contributed by atoms with Crippen LogP contribution in [0.15, 0.2) is 24.3 Å². The fourth-order valence-electron chi connectivity index (χ4n) is 2.11. The largest absolute Gasteiger partial charge is 0.444 e. The van der Waals surface area contributed by atoms with E-state index in [0.29, 0.717) is 22.3 Å². The molecule has 7 nitrogen and oxygen atoms in total. The third kappa shape index (κ3) is 4.99. The van der Waals surface area contributed by atoms with Crippen LogP contribution in [0.4, 0.5) is 15.6 Å². The van der Waals surface area contributed by atoms with Crippen molar-refractivity contribution in [1.29, 1.82) is 0 Å². The predicted octanol–water partition coefficient (Wildman–Crippen LogP) is 4.01. The van der Waals surface area contributed by atoms with Gasteiger partial charge in [-0.2, -0.15) is 0 Å². The molecule has 8 heteroatoms. The van der Waals surface area contributed by atoms with Gasteiger partial charge in [0.05, 0.1) is 0 Å². The van der Waals surface area contributed by atoms with Crippen molar-refractivity contribution in [2.45, 2.75) is 45.1 Å². The van der Waals surface area contributed by atoms with Gasteiger partial charge in [-0.15, -0.1) is 10.2 Å². The van der Waals surface area contributed by atoms with Crippen LogP contribution in [0, 0.1) is 0 Å². The van der Waals surface area contributed by atoms with Crippen LogP contribution in [0.1, 0.15) is 54.9 Å². The summed E-state index contributed by atoms with van der Waals surface area (Å²) in [6.07, 6.45) is 1.71. The molecule has 1 aliphatic carbocycles. The van der Waals surface area contributed by atoms with Gasteiger partial charge in [0.15, 0.2) is 0 Å². The maximum Gasteiger partial charge on any atom is 0.412 e. The first-order chi connectivity index (χ1) is 11.8. The number of hydrogen-bond donors (Lipinski definition) is 2. The lowest BCUT2D eigenvalue weighted by Crippen LogP contribution is -2.27. The molecular weight excluding hydrogens is 340 g/mol. The fraction of sp³-hybridized carbons (Fsp3) is 0.412. The SMILES string of the molecule is CC(C)(C)OC(=O)Nc1cccc(C(=O)Nc2nnc(C3CC3)s2)c1. The van der Waals surface area contributed by atoms with Crippen molar-refractivity contribution in [2.24, 2.45) is 0 Å². The Hall–Kier alpha value is -2.48. The van der Waals surface area contributed by atoms with Crippen LogP contribution in [0.3, 0.4) is 0 Å². The second-order valence-electron chi connectivity index (χ2n) is 6.88. The third-order valence-corrected chi connectivity index (χ3v) is 4.36. The first kappa shape index (κ1) is 17.3. The van der Waals surface area contributed by atoms with Crippen molar-refractivity contribution in [3.8, 4) is 0 Å². The van der Waals surface area contributed by atoms with Gasteiger partial charge in [0, 0.05) is 17.2 Å². The summed E-state index contributed by atoms with van der Waals surface area (Å²) in [7, 11) is 0. The number of aromatic nitrogens is 2. The van der Waals surface area contributed by atoms with E-state index in [0.717, 1.165) is 17.8 Å². The predicted molar refractivity (Wildman–Crippen MR) is 96.1 cm³/mol. The summed E-state index contributed by atoms with van der Waals surface area (Å²) in [5.41, 5.74) is 0.311. The first-order valence-corrected chi connectivity index (χ1v) is 8.86. The van der Waals surface area contributed by atoms with Crippen molar-refractivity contribution >= 4 is 34.2 Å². The molecule has 0 unspecified atom stereocenters. The average molecular weight is 360 g/mol. The van der Waals surface area contributed by atoms with E-state index in [1.807, 2.05) is 0 Å². The number of carbonyl (C=O) groups is 2. The molecule has 2 N–H and O–H groups in total. The second kappa shape index (κ2) is 6.79. The lowest BCUT2D eigenvalue weighted by atomic mass is 10.2. The smallest absolute Gasteiger partial charge is 0.412 e. The van der Waals surface area contributed by atoms with E-state index in [1.54, 1.807) is 45.0 Å². The van der Waals surface area contributed by atoms with Gasteiger partial charge >= 0.3 is 6.09 Å². The molecule has 1 aromatic heterocycles. The molecule has 0 saturated heterocycles. The first-order valence-electron chi connectivity index (χ1n) is 8.05. The van der Waals surface area contributed by atoms with Crippen LogP contribution in [-0.2, 0) is 4.74 Å². The molecule has 1 fully saturated rings. The number of ether oxygens (including phenoxy) is 1. The summed E-state index contributed by atoms with van der Waals surface area (Å²) >= 11 is 1.40. The van der Waals surface area contributed by atoms with Gasteiger partial charge in [-0.1, -0.05) is 17.4 Å². The van der Waals surface area contributed by atoms with Crippen LogP contribution < -0.4 is 10.6 Å². The molecule has 1 heterocycles. The Balaban J connectivity index is 1.63. The van der Waals surface area contributed by atoms with Crippen LogP contribution in [-0.4, -0.2) is 27.8 Å². The summed E-state index contributed by atoms with van der Waals surface area (Å²) in [4.78, 5) is 24.2. The van der Waals surface area contributed by atoms with Gasteiger partial charge in [-0.05, 0) is 51.8 Å². The molecule has 3 rings (SSSR count). The molecule has 1 aromatic carbocycles. The second-order valence-corrected chi connectivity index (χ2v) is 7.89. The highest BCUT2D eigenvalue weighted by Gasteiger charge is 2.27. The molecule has 0 bridgehead atoms. The van der Waals surface area contributed by atoms with Crippen molar-refractivity contribution in [3.05, 3.63) is 34.8 Å². The topological polar surface area (TPSA) is 93.2 Å². The highest BCUT2D eigenvalue weighted by atomic mass is 32.1. The van der Waals surface area contributed by atoms with Crippen molar-refractivity contribution in [2.75, 3.05) is 10.6 Å². The lowest BCUT2D eigenvalue weighted by Gasteiger charge is -2.19. The minimum Gasteiger partial charge on any atom is -0.444 e. The number of carbonyl (C=O) groups excluding carboxylic acids is 2.